The Balaban J connectivity index is 1.46. The fourth-order valence-corrected chi connectivity index (χ4v) is 3.08. The molecule has 1 saturated carbocycles. The van der Waals surface area contributed by atoms with Crippen LogP contribution in [-0.4, -0.2) is 16.2 Å². The average Bonchev–Trinajstić information content (AvgIpc) is 2.91. The number of H-pyrrole nitrogens is 1. The van der Waals surface area contributed by atoms with Gasteiger partial charge in [-0.05, 0) is 48.6 Å². The molecule has 0 spiro atoms. The van der Waals surface area contributed by atoms with E-state index in [4.69, 9.17) is 0 Å². The van der Waals surface area contributed by atoms with E-state index in [-0.39, 0.29) is 5.82 Å². The van der Waals surface area contributed by atoms with Crippen molar-refractivity contribution in [3.8, 4) is 0 Å². The largest absolute Gasteiger partial charge is 0.382 e. The standard InChI is InChI=1S/C17H16FN3/c18-13-4-1-3-11(7-13)12-8-14(9-12)20-16-5-2-6-17-15(16)10-19-21-17/h1-7,10,12,14,20H,8-9H2,(H,19,21). The van der Waals surface area contributed by atoms with E-state index in [1.54, 1.807) is 12.1 Å². The number of nitrogens with one attached hydrogen (secondary N) is 2. The fraction of sp³-hybridized carbons (Fsp3) is 0.235. The maximum Gasteiger partial charge on any atom is 0.123 e. The van der Waals surface area contributed by atoms with E-state index in [0.717, 1.165) is 35.0 Å². The second-order valence-corrected chi connectivity index (χ2v) is 5.70. The summed E-state index contributed by atoms with van der Waals surface area (Å²) in [5.74, 6) is 0.314. The molecule has 0 radical (unpaired) electrons. The van der Waals surface area contributed by atoms with Crippen LogP contribution in [0.4, 0.5) is 10.1 Å². The molecule has 0 atom stereocenters. The van der Waals surface area contributed by atoms with Crippen LogP contribution < -0.4 is 5.32 Å². The summed E-state index contributed by atoms with van der Waals surface area (Å²) in [4.78, 5) is 0. The van der Waals surface area contributed by atoms with Crippen molar-refractivity contribution in [2.45, 2.75) is 24.8 Å². The van der Waals surface area contributed by atoms with Gasteiger partial charge in [0, 0.05) is 17.1 Å². The van der Waals surface area contributed by atoms with E-state index in [1.807, 2.05) is 24.4 Å². The number of aromatic amines is 1. The van der Waals surface area contributed by atoms with Crippen molar-refractivity contribution in [2.24, 2.45) is 0 Å². The van der Waals surface area contributed by atoms with Crippen molar-refractivity contribution in [1.82, 2.24) is 10.2 Å². The maximum atomic E-state index is 13.2. The molecule has 4 heteroatoms. The van der Waals surface area contributed by atoms with Gasteiger partial charge >= 0.3 is 0 Å². The molecule has 0 amide bonds. The van der Waals surface area contributed by atoms with Gasteiger partial charge in [-0.1, -0.05) is 18.2 Å². The van der Waals surface area contributed by atoms with Crippen LogP contribution in [0.2, 0.25) is 0 Å². The molecule has 1 aliphatic rings. The molecule has 21 heavy (non-hydrogen) atoms. The molecule has 1 aromatic heterocycles. The number of aromatic nitrogens is 2. The topological polar surface area (TPSA) is 40.7 Å². The molecule has 3 aromatic rings. The van der Waals surface area contributed by atoms with Crippen molar-refractivity contribution in [3.63, 3.8) is 0 Å². The fourth-order valence-electron chi connectivity index (χ4n) is 3.08. The highest BCUT2D eigenvalue weighted by atomic mass is 19.1. The van der Waals surface area contributed by atoms with Crippen molar-refractivity contribution in [2.75, 3.05) is 5.32 Å². The highest BCUT2D eigenvalue weighted by molar-refractivity contribution is 5.90. The number of nitrogens with zero attached hydrogens (tertiary/aromatic N) is 1. The first-order valence-corrected chi connectivity index (χ1v) is 7.24. The molecule has 2 N–H and O–H groups in total. The van der Waals surface area contributed by atoms with Crippen LogP contribution in [0.5, 0.6) is 0 Å². The van der Waals surface area contributed by atoms with Crippen LogP contribution in [-0.2, 0) is 0 Å². The van der Waals surface area contributed by atoms with E-state index in [0.29, 0.717) is 12.0 Å². The molecule has 1 aliphatic carbocycles. The van der Waals surface area contributed by atoms with Gasteiger partial charge in [0.15, 0.2) is 0 Å². The van der Waals surface area contributed by atoms with Crippen LogP contribution in [0.15, 0.2) is 48.7 Å². The molecule has 1 heterocycles. The predicted octanol–water partition coefficient (Wildman–Crippen LogP) is 4.06. The van der Waals surface area contributed by atoms with E-state index in [9.17, 15) is 4.39 Å². The molecular weight excluding hydrogens is 265 g/mol. The van der Waals surface area contributed by atoms with E-state index < -0.39 is 0 Å². The third-order valence-electron chi connectivity index (χ3n) is 4.30. The van der Waals surface area contributed by atoms with E-state index in [2.05, 4.69) is 21.6 Å². The lowest BCUT2D eigenvalue weighted by molar-refractivity contribution is 0.373. The molecule has 0 unspecified atom stereocenters. The number of fused-ring (bicyclic) bond motifs is 1. The molecule has 0 saturated heterocycles. The lowest BCUT2D eigenvalue weighted by Gasteiger charge is -2.37. The van der Waals surface area contributed by atoms with Crippen LogP contribution in [0.1, 0.15) is 24.3 Å². The van der Waals surface area contributed by atoms with Gasteiger partial charge in [0.05, 0.1) is 11.7 Å². The number of benzene rings is 2. The Labute approximate surface area is 122 Å². The minimum atomic E-state index is -0.146. The first kappa shape index (κ1) is 12.4. The maximum absolute atomic E-state index is 13.2. The number of anilines is 1. The van der Waals surface area contributed by atoms with Crippen LogP contribution in [0.25, 0.3) is 10.9 Å². The second kappa shape index (κ2) is 4.88. The number of hydrogen-bond acceptors (Lipinski definition) is 2. The summed E-state index contributed by atoms with van der Waals surface area (Å²) in [5.41, 5.74) is 3.26. The zero-order chi connectivity index (χ0) is 14.2. The minimum absolute atomic E-state index is 0.146. The molecule has 2 aromatic carbocycles. The number of halogens is 1. The average molecular weight is 281 g/mol. The van der Waals surface area contributed by atoms with Crippen molar-refractivity contribution in [1.29, 1.82) is 0 Å². The molecule has 4 rings (SSSR count). The van der Waals surface area contributed by atoms with Gasteiger partial charge in [0.25, 0.3) is 0 Å². The molecular formula is C17H16FN3. The highest BCUT2D eigenvalue weighted by Gasteiger charge is 2.30. The lowest BCUT2D eigenvalue weighted by atomic mass is 9.76. The minimum Gasteiger partial charge on any atom is -0.382 e. The van der Waals surface area contributed by atoms with Crippen LogP contribution in [0, 0.1) is 5.82 Å². The van der Waals surface area contributed by atoms with Gasteiger partial charge in [-0.25, -0.2) is 4.39 Å². The Morgan fingerprint density at radius 1 is 1.14 bits per heavy atom. The normalized spacial score (nSPS) is 21.2. The summed E-state index contributed by atoms with van der Waals surface area (Å²) in [6.45, 7) is 0. The van der Waals surface area contributed by atoms with Gasteiger partial charge in [-0.2, -0.15) is 5.10 Å². The molecule has 1 fully saturated rings. The second-order valence-electron chi connectivity index (χ2n) is 5.70. The first-order chi connectivity index (χ1) is 10.3. The Hall–Kier alpha value is -2.36. The quantitative estimate of drug-likeness (QED) is 0.760. The Bertz CT molecular complexity index is 774. The SMILES string of the molecule is Fc1cccc(C2CC(Nc3cccc4[nH]ncc34)C2)c1. The smallest absolute Gasteiger partial charge is 0.123 e. The van der Waals surface area contributed by atoms with Gasteiger partial charge < -0.3 is 5.32 Å². The molecule has 0 aliphatic heterocycles. The third kappa shape index (κ3) is 2.27. The molecule has 0 bridgehead atoms. The summed E-state index contributed by atoms with van der Waals surface area (Å²) in [6, 6.07) is 13.5. The van der Waals surface area contributed by atoms with Crippen LogP contribution >= 0.6 is 0 Å². The molecule has 3 nitrogen and oxygen atoms in total. The summed E-state index contributed by atoms with van der Waals surface area (Å²) < 4.78 is 13.2. The zero-order valence-electron chi connectivity index (χ0n) is 11.5. The Morgan fingerprint density at radius 2 is 2.00 bits per heavy atom. The third-order valence-corrected chi connectivity index (χ3v) is 4.30. The van der Waals surface area contributed by atoms with Crippen LogP contribution in [0.3, 0.4) is 0 Å². The predicted molar refractivity (Wildman–Crippen MR) is 81.9 cm³/mol. The summed E-state index contributed by atoms with van der Waals surface area (Å²) in [5, 5.41) is 11.7. The van der Waals surface area contributed by atoms with Gasteiger partial charge in [-0.3, -0.25) is 5.10 Å². The molecule has 106 valence electrons. The van der Waals surface area contributed by atoms with Crippen molar-refractivity contribution in [3.05, 3.63) is 60.0 Å². The highest BCUT2D eigenvalue weighted by Crippen LogP contribution is 2.39. The first-order valence-electron chi connectivity index (χ1n) is 7.24. The monoisotopic (exact) mass is 281 g/mol. The number of rotatable bonds is 3. The van der Waals surface area contributed by atoms with Gasteiger partial charge in [-0.15, -0.1) is 0 Å². The lowest BCUT2D eigenvalue weighted by Crippen LogP contribution is -2.34. The summed E-state index contributed by atoms with van der Waals surface area (Å²) >= 11 is 0. The summed E-state index contributed by atoms with van der Waals surface area (Å²) in [6.07, 6.45) is 3.93. The Morgan fingerprint density at radius 3 is 2.86 bits per heavy atom. The van der Waals surface area contributed by atoms with E-state index >= 15 is 0 Å². The van der Waals surface area contributed by atoms with Gasteiger partial charge in [0.1, 0.15) is 5.82 Å². The Kier molecular flexibility index (Phi) is 2.88. The summed E-state index contributed by atoms with van der Waals surface area (Å²) in [7, 11) is 0. The van der Waals surface area contributed by atoms with Crippen molar-refractivity contribution >= 4 is 16.6 Å². The zero-order valence-corrected chi connectivity index (χ0v) is 11.5. The van der Waals surface area contributed by atoms with Crippen molar-refractivity contribution < 1.29 is 4.39 Å². The van der Waals surface area contributed by atoms with E-state index in [1.165, 1.54) is 6.07 Å². The number of hydrogen-bond donors (Lipinski definition) is 2. The van der Waals surface area contributed by atoms with Gasteiger partial charge in [0.2, 0.25) is 0 Å².